The van der Waals surface area contributed by atoms with E-state index in [4.69, 9.17) is 9.47 Å². The number of ether oxygens (including phenoxy) is 2. The first-order valence-electron chi connectivity index (χ1n) is 7.93. The second-order valence-corrected chi connectivity index (χ2v) is 6.57. The van der Waals surface area contributed by atoms with Crippen LogP contribution in [0.15, 0.2) is 0 Å². The van der Waals surface area contributed by atoms with Crippen LogP contribution in [-0.4, -0.2) is 62.5 Å². The van der Waals surface area contributed by atoms with E-state index in [-0.39, 0.29) is 5.60 Å². The van der Waals surface area contributed by atoms with E-state index in [1.807, 2.05) is 0 Å². The molecule has 0 aliphatic carbocycles. The summed E-state index contributed by atoms with van der Waals surface area (Å²) >= 11 is 0. The predicted molar refractivity (Wildman–Crippen MR) is 75.4 cm³/mol. The van der Waals surface area contributed by atoms with Gasteiger partial charge < -0.3 is 19.7 Å². The van der Waals surface area contributed by atoms with Crippen LogP contribution in [0.5, 0.6) is 0 Å². The van der Waals surface area contributed by atoms with Crippen LogP contribution in [0.1, 0.15) is 38.5 Å². The monoisotopic (exact) mass is 268 g/mol. The van der Waals surface area contributed by atoms with E-state index in [1.165, 1.54) is 38.8 Å². The summed E-state index contributed by atoms with van der Waals surface area (Å²) in [6.45, 7) is 4.96. The van der Waals surface area contributed by atoms with Crippen molar-refractivity contribution in [3.05, 3.63) is 0 Å². The minimum absolute atomic E-state index is 0.0389. The summed E-state index contributed by atoms with van der Waals surface area (Å²) in [7, 11) is 2.29. The molecule has 19 heavy (non-hydrogen) atoms. The van der Waals surface area contributed by atoms with Gasteiger partial charge in [-0.1, -0.05) is 6.42 Å². The maximum Gasteiger partial charge on any atom is 0.0951 e. The van der Waals surface area contributed by atoms with Gasteiger partial charge in [-0.3, -0.25) is 0 Å². The first-order valence-corrected chi connectivity index (χ1v) is 7.93. The molecule has 3 unspecified atom stereocenters. The maximum atomic E-state index is 6.03. The molecule has 0 aromatic carbocycles. The van der Waals surface area contributed by atoms with Crippen molar-refractivity contribution >= 4 is 0 Å². The molecule has 0 radical (unpaired) electrons. The lowest BCUT2D eigenvalue weighted by Crippen LogP contribution is -2.51. The van der Waals surface area contributed by atoms with Crippen molar-refractivity contribution in [3.8, 4) is 0 Å². The van der Waals surface area contributed by atoms with Crippen LogP contribution in [-0.2, 0) is 9.47 Å². The lowest BCUT2D eigenvalue weighted by molar-refractivity contribution is -0.104. The standard InChI is InChI=1S/C15H28N2O2/c1-17(11-13-4-2-3-7-16-13)14-5-8-19-15(10-14)6-9-18-12-15/h13-14,16H,2-12H2,1H3. The van der Waals surface area contributed by atoms with Gasteiger partial charge in [0.2, 0.25) is 0 Å². The summed E-state index contributed by atoms with van der Waals surface area (Å²) in [5.41, 5.74) is 0.0389. The molecule has 4 heteroatoms. The minimum atomic E-state index is 0.0389. The third-order valence-electron chi connectivity index (χ3n) is 5.08. The van der Waals surface area contributed by atoms with Crippen LogP contribution >= 0.6 is 0 Å². The molecule has 1 spiro atoms. The Hall–Kier alpha value is -0.160. The van der Waals surface area contributed by atoms with Gasteiger partial charge in [0.05, 0.1) is 12.2 Å². The highest BCUT2D eigenvalue weighted by molar-refractivity contribution is 4.93. The highest BCUT2D eigenvalue weighted by Gasteiger charge is 2.42. The fourth-order valence-corrected chi connectivity index (χ4v) is 3.82. The zero-order chi connectivity index (χ0) is 13.1. The molecule has 0 saturated carbocycles. The highest BCUT2D eigenvalue weighted by Crippen LogP contribution is 2.34. The zero-order valence-electron chi connectivity index (χ0n) is 12.2. The molecule has 3 rings (SSSR count). The molecule has 0 aromatic heterocycles. The first-order chi connectivity index (χ1) is 9.27. The average Bonchev–Trinajstić information content (AvgIpc) is 2.88. The first kappa shape index (κ1) is 13.8. The number of rotatable bonds is 3. The van der Waals surface area contributed by atoms with Crippen molar-refractivity contribution in [1.29, 1.82) is 0 Å². The van der Waals surface area contributed by atoms with E-state index in [0.29, 0.717) is 12.1 Å². The Kier molecular flexibility index (Phi) is 4.42. The van der Waals surface area contributed by atoms with Crippen LogP contribution < -0.4 is 5.32 Å². The number of hydrogen-bond acceptors (Lipinski definition) is 4. The molecule has 3 aliphatic heterocycles. The molecule has 3 atom stereocenters. The van der Waals surface area contributed by atoms with Crippen LogP contribution in [0.4, 0.5) is 0 Å². The molecule has 3 fully saturated rings. The van der Waals surface area contributed by atoms with E-state index < -0.39 is 0 Å². The van der Waals surface area contributed by atoms with Crippen LogP contribution in [0, 0.1) is 0 Å². The fourth-order valence-electron chi connectivity index (χ4n) is 3.82. The van der Waals surface area contributed by atoms with Gasteiger partial charge >= 0.3 is 0 Å². The van der Waals surface area contributed by atoms with Crippen LogP contribution in [0.3, 0.4) is 0 Å². The van der Waals surface area contributed by atoms with Crippen molar-refractivity contribution in [2.24, 2.45) is 0 Å². The van der Waals surface area contributed by atoms with Crippen molar-refractivity contribution in [2.75, 3.05) is 40.0 Å². The molecular weight excluding hydrogens is 240 g/mol. The Bertz CT molecular complexity index is 286. The third-order valence-corrected chi connectivity index (χ3v) is 5.08. The minimum Gasteiger partial charge on any atom is -0.378 e. The Morgan fingerprint density at radius 2 is 2.21 bits per heavy atom. The Balaban J connectivity index is 1.52. The fraction of sp³-hybridized carbons (Fsp3) is 1.00. The van der Waals surface area contributed by atoms with Gasteiger partial charge in [-0.2, -0.15) is 0 Å². The molecule has 0 aromatic rings. The lowest BCUT2D eigenvalue weighted by atomic mass is 9.88. The van der Waals surface area contributed by atoms with E-state index in [0.717, 1.165) is 32.7 Å². The quantitative estimate of drug-likeness (QED) is 0.839. The van der Waals surface area contributed by atoms with Crippen molar-refractivity contribution in [2.45, 2.75) is 56.2 Å². The number of likely N-dealkylation sites (N-methyl/N-ethyl adjacent to an activating group) is 1. The molecule has 3 heterocycles. The Morgan fingerprint density at radius 1 is 1.26 bits per heavy atom. The van der Waals surface area contributed by atoms with Crippen molar-refractivity contribution in [1.82, 2.24) is 10.2 Å². The molecule has 4 nitrogen and oxygen atoms in total. The summed E-state index contributed by atoms with van der Waals surface area (Å²) in [5, 5.41) is 3.65. The van der Waals surface area contributed by atoms with E-state index in [2.05, 4.69) is 17.3 Å². The van der Waals surface area contributed by atoms with Crippen molar-refractivity contribution < 1.29 is 9.47 Å². The second-order valence-electron chi connectivity index (χ2n) is 6.57. The molecule has 3 saturated heterocycles. The lowest BCUT2D eigenvalue weighted by Gasteiger charge is -2.42. The van der Waals surface area contributed by atoms with Gasteiger partial charge in [0, 0.05) is 38.3 Å². The zero-order valence-corrected chi connectivity index (χ0v) is 12.2. The summed E-state index contributed by atoms with van der Waals surface area (Å²) < 4.78 is 11.6. The van der Waals surface area contributed by atoms with Gasteiger partial charge in [0.15, 0.2) is 0 Å². The topological polar surface area (TPSA) is 33.7 Å². The van der Waals surface area contributed by atoms with Gasteiger partial charge in [0.25, 0.3) is 0 Å². The normalized spacial score (nSPS) is 40.1. The average molecular weight is 268 g/mol. The molecule has 0 amide bonds. The Morgan fingerprint density at radius 3 is 2.95 bits per heavy atom. The number of nitrogens with one attached hydrogen (secondary N) is 1. The summed E-state index contributed by atoms with van der Waals surface area (Å²) in [4.78, 5) is 2.56. The van der Waals surface area contributed by atoms with Gasteiger partial charge in [-0.25, -0.2) is 0 Å². The molecule has 110 valence electrons. The predicted octanol–water partition coefficient (Wildman–Crippen LogP) is 1.40. The van der Waals surface area contributed by atoms with Gasteiger partial charge in [-0.05, 0) is 39.3 Å². The SMILES string of the molecule is CN(CC1CCCCN1)C1CCOC2(CCOC2)C1. The number of nitrogens with zero attached hydrogens (tertiary/aromatic N) is 1. The smallest absolute Gasteiger partial charge is 0.0951 e. The number of piperidine rings is 1. The summed E-state index contributed by atoms with van der Waals surface area (Å²) in [5.74, 6) is 0. The number of hydrogen-bond donors (Lipinski definition) is 1. The summed E-state index contributed by atoms with van der Waals surface area (Å²) in [6, 6.07) is 1.36. The van der Waals surface area contributed by atoms with Gasteiger partial charge in [0.1, 0.15) is 0 Å². The van der Waals surface area contributed by atoms with Crippen LogP contribution in [0.2, 0.25) is 0 Å². The second kappa shape index (κ2) is 6.08. The van der Waals surface area contributed by atoms with Crippen molar-refractivity contribution in [3.63, 3.8) is 0 Å². The maximum absolute atomic E-state index is 6.03. The van der Waals surface area contributed by atoms with E-state index in [1.54, 1.807) is 0 Å². The van der Waals surface area contributed by atoms with Gasteiger partial charge in [-0.15, -0.1) is 0 Å². The molecule has 0 bridgehead atoms. The largest absolute Gasteiger partial charge is 0.378 e. The van der Waals surface area contributed by atoms with E-state index >= 15 is 0 Å². The Labute approximate surface area is 116 Å². The highest BCUT2D eigenvalue weighted by atomic mass is 16.6. The van der Waals surface area contributed by atoms with Crippen LogP contribution in [0.25, 0.3) is 0 Å². The summed E-state index contributed by atoms with van der Waals surface area (Å²) in [6.07, 6.45) is 7.47. The molecular formula is C15H28N2O2. The molecule has 1 N–H and O–H groups in total. The molecule has 3 aliphatic rings. The van der Waals surface area contributed by atoms with E-state index in [9.17, 15) is 0 Å². The third kappa shape index (κ3) is 3.30.